The van der Waals surface area contributed by atoms with Crippen molar-refractivity contribution < 1.29 is 24.2 Å². The van der Waals surface area contributed by atoms with E-state index in [1.807, 2.05) is 57.2 Å². The van der Waals surface area contributed by atoms with E-state index in [1.165, 1.54) is 0 Å². The molecular formula is C24H29NO5. The maximum Gasteiger partial charge on any atom is 0.407 e. The summed E-state index contributed by atoms with van der Waals surface area (Å²) in [4.78, 5) is 23.8. The molecule has 0 aliphatic heterocycles. The van der Waals surface area contributed by atoms with E-state index in [9.17, 15) is 14.7 Å². The number of hydrogen-bond donors (Lipinski definition) is 2. The Morgan fingerprint density at radius 1 is 1.03 bits per heavy atom. The van der Waals surface area contributed by atoms with Crippen molar-refractivity contribution in [2.24, 2.45) is 0 Å². The molecule has 2 N–H and O–H groups in total. The van der Waals surface area contributed by atoms with Gasteiger partial charge in [0.25, 0.3) is 0 Å². The number of alkyl carbamates (subject to hydrolysis) is 1. The molecule has 3 rings (SSSR count). The molecule has 6 heteroatoms. The van der Waals surface area contributed by atoms with Crippen molar-refractivity contribution >= 4 is 12.1 Å². The highest BCUT2D eigenvalue weighted by molar-refractivity contribution is 5.81. The monoisotopic (exact) mass is 411 g/mol. The molecule has 6 nitrogen and oxygen atoms in total. The number of carbonyl (C=O) groups is 2. The molecule has 0 unspecified atom stereocenters. The van der Waals surface area contributed by atoms with Gasteiger partial charge in [-0.1, -0.05) is 48.5 Å². The Labute approximate surface area is 177 Å². The lowest BCUT2D eigenvalue weighted by Crippen LogP contribution is -2.41. The van der Waals surface area contributed by atoms with Crippen LogP contribution in [0.15, 0.2) is 48.5 Å². The van der Waals surface area contributed by atoms with Crippen molar-refractivity contribution in [1.29, 1.82) is 0 Å². The molecule has 2 aromatic carbocycles. The maximum atomic E-state index is 12.3. The van der Waals surface area contributed by atoms with Gasteiger partial charge in [-0.2, -0.15) is 0 Å². The summed E-state index contributed by atoms with van der Waals surface area (Å²) in [5.41, 5.74) is 4.23. The van der Waals surface area contributed by atoms with Crippen LogP contribution in [0.4, 0.5) is 4.79 Å². The van der Waals surface area contributed by atoms with E-state index in [4.69, 9.17) is 9.47 Å². The van der Waals surface area contributed by atoms with Crippen LogP contribution in [0, 0.1) is 0 Å². The summed E-state index contributed by atoms with van der Waals surface area (Å²) < 4.78 is 11.0. The van der Waals surface area contributed by atoms with Gasteiger partial charge in [-0.05, 0) is 55.9 Å². The second kappa shape index (κ2) is 9.30. The zero-order valence-corrected chi connectivity index (χ0v) is 17.7. The highest BCUT2D eigenvalue weighted by atomic mass is 16.5. The summed E-state index contributed by atoms with van der Waals surface area (Å²) in [6, 6.07) is 15.1. The molecule has 0 radical (unpaired) electrons. The van der Waals surface area contributed by atoms with Gasteiger partial charge in [0.1, 0.15) is 12.6 Å². The molecule has 1 aliphatic rings. The molecule has 30 heavy (non-hydrogen) atoms. The number of carboxylic acid groups (broad SMARTS) is 1. The van der Waals surface area contributed by atoms with Crippen LogP contribution in [0.1, 0.15) is 50.7 Å². The second-order valence-electron chi connectivity index (χ2n) is 8.46. The minimum atomic E-state index is -1.08. The SMILES string of the molecule is CC(C)(C)OCCC[C@H](NC(=O)OCC1c2ccccc2-c2ccccc21)C(=O)O. The first-order valence-corrected chi connectivity index (χ1v) is 10.2. The van der Waals surface area contributed by atoms with Gasteiger partial charge in [0, 0.05) is 12.5 Å². The maximum absolute atomic E-state index is 12.3. The third-order valence-electron chi connectivity index (χ3n) is 5.11. The Morgan fingerprint density at radius 2 is 1.60 bits per heavy atom. The molecular weight excluding hydrogens is 382 g/mol. The Bertz CT molecular complexity index is 857. The average molecular weight is 411 g/mol. The third kappa shape index (κ3) is 5.39. The lowest BCUT2D eigenvalue weighted by molar-refractivity contribution is -0.139. The predicted octanol–water partition coefficient (Wildman–Crippen LogP) is 4.57. The summed E-state index contributed by atoms with van der Waals surface area (Å²) in [5.74, 6) is -1.15. The van der Waals surface area contributed by atoms with Crippen LogP contribution in [-0.2, 0) is 14.3 Å². The van der Waals surface area contributed by atoms with Gasteiger partial charge in [0.15, 0.2) is 0 Å². The standard InChI is InChI=1S/C24H29NO5/c1-24(2,3)30-14-8-13-21(22(26)27)25-23(28)29-15-20-18-11-6-4-9-16(18)17-10-5-7-12-19(17)20/h4-7,9-12,20-21H,8,13-15H2,1-3H3,(H,25,28)(H,26,27)/t21-/m0/s1. The number of amides is 1. The fourth-order valence-electron chi connectivity index (χ4n) is 3.71. The number of carbonyl (C=O) groups excluding carboxylic acids is 1. The van der Waals surface area contributed by atoms with Gasteiger partial charge in [0.2, 0.25) is 0 Å². The van der Waals surface area contributed by atoms with Gasteiger partial charge >= 0.3 is 12.1 Å². The van der Waals surface area contributed by atoms with Crippen molar-refractivity contribution in [3.63, 3.8) is 0 Å². The highest BCUT2D eigenvalue weighted by Crippen LogP contribution is 2.44. The third-order valence-corrected chi connectivity index (χ3v) is 5.11. The van der Waals surface area contributed by atoms with E-state index in [1.54, 1.807) is 0 Å². The largest absolute Gasteiger partial charge is 0.480 e. The van der Waals surface area contributed by atoms with E-state index in [2.05, 4.69) is 17.4 Å². The van der Waals surface area contributed by atoms with Gasteiger partial charge < -0.3 is 19.9 Å². The number of aliphatic carboxylic acids is 1. The average Bonchev–Trinajstić information content (AvgIpc) is 3.01. The molecule has 1 aliphatic carbocycles. The summed E-state index contributed by atoms with van der Waals surface area (Å²) in [6.07, 6.45) is 0.0778. The second-order valence-corrected chi connectivity index (χ2v) is 8.46. The first-order chi connectivity index (χ1) is 14.3. The molecule has 1 atom stereocenters. The zero-order chi connectivity index (χ0) is 21.7. The number of ether oxygens (including phenoxy) is 2. The number of hydrogen-bond acceptors (Lipinski definition) is 4. The van der Waals surface area contributed by atoms with E-state index in [0.29, 0.717) is 13.0 Å². The smallest absolute Gasteiger partial charge is 0.407 e. The zero-order valence-electron chi connectivity index (χ0n) is 17.7. The fourth-order valence-corrected chi connectivity index (χ4v) is 3.71. The summed E-state index contributed by atoms with van der Waals surface area (Å²) >= 11 is 0. The van der Waals surface area contributed by atoms with Crippen molar-refractivity contribution in [3.8, 4) is 11.1 Å². The fraction of sp³-hybridized carbons (Fsp3) is 0.417. The molecule has 0 saturated heterocycles. The van der Waals surface area contributed by atoms with Gasteiger partial charge in [0.05, 0.1) is 5.60 Å². The summed E-state index contributed by atoms with van der Waals surface area (Å²) in [6.45, 7) is 6.41. The summed E-state index contributed by atoms with van der Waals surface area (Å²) in [7, 11) is 0. The van der Waals surface area contributed by atoms with Crippen LogP contribution in [0.25, 0.3) is 11.1 Å². The van der Waals surface area contributed by atoms with Crippen LogP contribution in [-0.4, -0.2) is 42.0 Å². The normalized spacial score (nSPS) is 14.0. The lowest BCUT2D eigenvalue weighted by Gasteiger charge is -2.20. The van der Waals surface area contributed by atoms with Crippen molar-refractivity contribution in [3.05, 3.63) is 59.7 Å². The lowest BCUT2D eigenvalue weighted by atomic mass is 9.98. The van der Waals surface area contributed by atoms with Crippen molar-refractivity contribution in [2.75, 3.05) is 13.2 Å². The van der Waals surface area contributed by atoms with Crippen LogP contribution in [0.5, 0.6) is 0 Å². The summed E-state index contributed by atoms with van der Waals surface area (Å²) in [5, 5.41) is 11.9. The molecule has 2 aromatic rings. The number of carboxylic acids is 1. The molecule has 0 spiro atoms. The van der Waals surface area contributed by atoms with E-state index in [-0.39, 0.29) is 24.5 Å². The first kappa shape index (κ1) is 21.8. The van der Waals surface area contributed by atoms with E-state index >= 15 is 0 Å². The van der Waals surface area contributed by atoms with Crippen molar-refractivity contribution in [2.45, 2.75) is 51.2 Å². The molecule has 0 heterocycles. The Kier molecular flexibility index (Phi) is 6.77. The Balaban J connectivity index is 1.56. The van der Waals surface area contributed by atoms with Crippen LogP contribution in [0.3, 0.4) is 0 Å². The predicted molar refractivity (Wildman–Crippen MR) is 115 cm³/mol. The Morgan fingerprint density at radius 3 is 2.13 bits per heavy atom. The Hall–Kier alpha value is -2.86. The minimum Gasteiger partial charge on any atom is -0.480 e. The molecule has 1 amide bonds. The number of nitrogens with one attached hydrogen (secondary N) is 1. The van der Waals surface area contributed by atoms with Gasteiger partial charge in [-0.25, -0.2) is 9.59 Å². The van der Waals surface area contributed by atoms with E-state index in [0.717, 1.165) is 22.3 Å². The van der Waals surface area contributed by atoms with Crippen molar-refractivity contribution in [1.82, 2.24) is 5.32 Å². The van der Waals surface area contributed by atoms with Crippen LogP contribution in [0.2, 0.25) is 0 Å². The molecule has 160 valence electrons. The number of rotatable bonds is 8. The van der Waals surface area contributed by atoms with Crippen LogP contribution >= 0.6 is 0 Å². The quantitative estimate of drug-likeness (QED) is 0.622. The van der Waals surface area contributed by atoms with Gasteiger partial charge in [-0.15, -0.1) is 0 Å². The molecule has 0 bridgehead atoms. The van der Waals surface area contributed by atoms with Crippen LogP contribution < -0.4 is 5.32 Å². The minimum absolute atomic E-state index is 0.0633. The number of benzene rings is 2. The molecule has 0 saturated carbocycles. The van der Waals surface area contributed by atoms with E-state index < -0.39 is 18.1 Å². The molecule has 0 aromatic heterocycles. The molecule has 0 fully saturated rings. The first-order valence-electron chi connectivity index (χ1n) is 10.2. The van der Waals surface area contributed by atoms with Gasteiger partial charge in [-0.3, -0.25) is 0 Å². The number of fused-ring (bicyclic) bond motifs is 3. The topological polar surface area (TPSA) is 84.9 Å². The highest BCUT2D eigenvalue weighted by Gasteiger charge is 2.29.